The molecule has 1 fully saturated rings. The number of carbonyl (C=O) groups is 1. The Kier molecular flexibility index (Phi) is 5.97. The second-order valence-corrected chi connectivity index (χ2v) is 9.93. The van der Waals surface area contributed by atoms with Gasteiger partial charge < -0.3 is 9.64 Å². The molecule has 0 radical (unpaired) electrons. The standard InChI is InChI=1S/C23H22ClNO4S/c24-20-10-8-19-14-22(11-9-18(19)13-20)30(27,28)16-21-7-4-12-25(21)23(26)29-15-17-5-2-1-3-6-17/h1-3,5-6,8-11,13-14,21H,4,7,12,15-16H2/t21-/m0/s1. The number of rotatable bonds is 5. The first-order chi connectivity index (χ1) is 14.4. The lowest BCUT2D eigenvalue weighted by atomic mass is 10.1. The molecule has 4 rings (SSSR count). The van der Waals surface area contributed by atoms with Crippen LogP contribution in [0.2, 0.25) is 5.02 Å². The number of ether oxygens (including phenoxy) is 1. The maximum absolute atomic E-state index is 13.0. The Morgan fingerprint density at radius 1 is 1.03 bits per heavy atom. The predicted octanol–water partition coefficient (Wildman–Crippen LogP) is 5.07. The molecular formula is C23H22ClNO4S. The molecule has 5 nitrogen and oxygen atoms in total. The van der Waals surface area contributed by atoms with Crippen LogP contribution < -0.4 is 0 Å². The Balaban J connectivity index is 1.46. The smallest absolute Gasteiger partial charge is 0.410 e. The molecule has 0 bridgehead atoms. The summed E-state index contributed by atoms with van der Waals surface area (Å²) in [5.41, 5.74) is 0.894. The third kappa shape index (κ3) is 4.60. The van der Waals surface area contributed by atoms with Gasteiger partial charge in [-0.2, -0.15) is 0 Å². The molecule has 1 amide bonds. The number of carbonyl (C=O) groups excluding carboxylic acids is 1. The van der Waals surface area contributed by atoms with Crippen LogP contribution in [-0.4, -0.2) is 37.8 Å². The molecule has 7 heteroatoms. The second-order valence-electron chi connectivity index (χ2n) is 7.46. The van der Waals surface area contributed by atoms with Crippen molar-refractivity contribution in [2.75, 3.05) is 12.3 Å². The first-order valence-electron chi connectivity index (χ1n) is 9.82. The second kappa shape index (κ2) is 8.66. The van der Waals surface area contributed by atoms with Gasteiger partial charge in [0.15, 0.2) is 9.84 Å². The zero-order chi connectivity index (χ0) is 21.1. The van der Waals surface area contributed by atoms with Crippen molar-refractivity contribution in [2.24, 2.45) is 0 Å². The number of fused-ring (bicyclic) bond motifs is 1. The van der Waals surface area contributed by atoms with E-state index in [2.05, 4.69) is 0 Å². The lowest BCUT2D eigenvalue weighted by Gasteiger charge is -2.24. The van der Waals surface area contributed by atoms with Gasteiger partial charge in [0.05, 0.1) is 10.6 Å². The van der Waals surface area contributed by atoms with Crippen LogP contribution >= 0.6 is 11.6 Å². The van der Waals surface area contributed by atoms with E-state index in [0.717, 1.165) is 22.8 Å². The van der Waals surface area contributed by atoms with Crippen LogP contribution in [0.25, 0.3) is 10.8 Å². The van der Waals surface area contributed by atoms with Crippen LogP contribution in [0.1, 0.15) is 18.4 Å². The molecule has 3 aromatic rings. The molecule has 0 aliphatic carbocycles. The summed E-state index contributed by atoms with van der Waals surface area (Å²) >= 11 is 6.00. The molecule has 1 saturated heterocycles. The van der Waals surface area contributed by atoms with E-state index in [1.54, 1.807) is 41.3 Å². The fourth-order valence-corrected chi connectivity index (χ4v) is 5.60. The summed E-state index contributed by atoms with van der Waals surface area (Å²) in [7, 11) is -3.56. The van der Waals surface area contributed by atoms with Crippen molar-refractivity contribution < 1.29 is 17.9 Å². The molecule has 156 valence electrons. The zero-order valence-corrected chi connectivity index (χ0v) is 17.9. The molecule has 1 heterocycles. The van der Waals surface area contributed by atoms with Crippen LogP contribution in [0.15, 0.2) is 71.6 Å². The summed E-state index contributed by atoms with van der Waals surface area (Å²) in [6.07, 6.45) is 0.935. The van der Waals surface area contributed by atoms with Gasteiger partial charge in [-0.25, -0.2) is 13.2 Å². The third-order valence-corrected chi connectivity index (χ3v) is 7.39. The Morgan fingerprint density at radius 3 is 2.57 bits per heavy atom. The number of nitrogens with zero attached hydrogens (tertiary/aromatic N) is 1. The highest BCUT2D eigenvalue weighted by atomic mass is 35.5. The van der Waals surface area contributed by atoms with Crippen LogP contribution in [0, 0.1) is 0 Å². The molecule has 0 saturated carbocycles. The molecule has 30 heavy (non-hydrogen) atoms. The quantitative estimate of drug-likeness (QED) is 0.552. The van der Waals surface area contributed by atoms with E-state index in [-0.39, 0.29) is 23.3 Å². The van der Waals surface area contributed by atoms with Crippen LogP contribution in [0.3, 0.4) is 0 Å². The molecule has 3 aromatic carbocycles. The van der Waals surface area contributed by atoms with Crippen LogP contribution in [0.5, 0.6) is 0 Å². The summed E-state index contributed by atoms with van der Waals surface area (Å²) in [5.74, 6) is -0.119. The molecular weight excluding hydrogens is 422 g/mol. The highest BCUT2D eigenvalue weighted by Crippen LogP contribution is 2.26. The van der Waals surface area contributed by atoms with Crippen molar-refractivity contribution >= 4 is 38.3 Å². The van der Waals surface area contributed by atoms with Gasteiger partial charge in [-0.05, 0) is 53.4 Å². The fraction of sp³-hybridized carbons (Fsp3) is 0.261. The number of likely N-dealkylation sites (tertiary alicyclic amines) is 1. The number of halogens is 1. The first kappa shape index (κ1) is 20.7. The molecule has 1 aliphatic rings. The first-order valence-corrected chi connectivity index (χ1v) is 11.8. The number of hydrogen-bond acceptors (Lipinski definition) is 4. The fourth-order valence-electron chi connectivity index (χ4n) is 3.79. The molecule has 0 aromatic heterocycles. The van der Waals surface area contributed by atoms with Gasteiger partial charge in [0.25, 0.3) is 0 Å². The van der Waals surface area contributed by atoms with E-state index in [1.807, 2.05) is 30.3 Å². The maximum Gasteiger partial charge on any atom is 0.410 e. The van der Waals surface area contributed by atoms with Gasteiger partial charge in [-0.1, -0.05) is 54.1 Å². The van der Waals surface area contributed by atoms with Crippen molar-refractivity contribution in [1.82, 2.24) is 4.90 Å². The van der Waals surface area contributed by atoms with E-state index in [1.165, 1.54) is 0 Å². The van der Waals surface area contributed by atoms with E-state index >= 15 is 0 Å². The van der Waals surface area contributed by atoms with Crippen molar-refractivity contribution in [1.29, 1.82) is 0 Å². The van der Waals surface area contributed by atoms with Crippen molar-refractivity contribution in [3.05, 3.63) is 77.3 Å². The number of amides is 1. The van der Waals surface area contributed by atoms with E-state index < -0.39 is 15.9 Å². The molecule has 1 aliphatic heterocycles. The lowest BCUT2D eigenvalue weighted by Crippen LogP contribution is -2.40. The Morgan fingerprint density at radius 2 is 1.77 bits per heavy atom. The molecule has 0 spiro atoms. The van der Waals surface area contributed by atoms with Gasteiger partial charge in [0.1, 0.15) is 6.61 Å². The summed E-state index contributed by atoms with van der Waals surface area (Å²) in [4.78, 5) is 14.3. The minimum absolute atomic E-state index is 0.119. The van der Waals surface area contributed by atoms with Crippen molar-refractivity contribution in [3.8, 4) is 0 Å². The van der Waals surface area contributed by atoms with E-state index in [4.69, 9.17) is 16.3 Å². The summed E-state index contributed by atoms with van der Waals surface area (Å²) < 4.78 is 31.5. The van der Waals surface area contributed by atoms with Crippen LogP contribution in [0.4, 0.5) is 4.79 Å². The monoisotopic (exact) mass is 443 g/mol. The molecule has 0 N–H and O–H groups in total. The lowest BCUT2D eigenvalue weighted by molar-refractivity contribution is 0.0948. The SMILES string of the molecule is O=C(OCc1ccccc1)N1CCC[C@H]1CS(=O)(=O)c1ccc2cc(Cl)ccc2c1. The number of hydrogen-bond donors (Lipinski definition) is 0. The van der Waals surface area contributed by atoms with E-state index in [0.29, 0.717) is 18.0 Å². The van der Waals surface area contributed by atoms with Gasteiger partial charge in [-0.15, -0.1) is 0 Å². The summed E-state index contributed by atoms with van der Waals surface area (Å²) in [5, 5.41) is 2.30. The Hall–Kier alpha value is -2.57. The molecule has 0 unspecified atom stereocenters. The van der Waals surface area contributed by atoms with E-state index in [9.17, 15) is 13.2 Å². The topological polar surface area (TPSA) is 63.7 Å². The minimum atomic E-state index is -3.56. The summed E-state index contributed by atoms with van der Waals surface area (Å²) in [6.45, 7) is 0.674. The average molecular weight is 444 g/mol. The normalized spacial score (nSPS) is 16.7. The third-order valence-electron chi connectivity index (χ3n) is 5.36. The maximum atomic E-state index is 13.0. The predicted molar refractivity (Wildman–Crippen MR) is 117 cm³/mol. The Bertz CT molecular complexity index is 1160. The zero-order valence-electron chi connectivity index (χ0n) is 16.3. The number of sulfone groups is 1. The van der Waals surface area contributed by atoms with Crippen LogP contribution in [-0.2, 0) is 21.2 Å². The minimum Gasteiger partial charge on any atom is -0.445 e. The summed E-state index contributed by atoms with van der Waals surface area (Å²) in [6, 6.07) is 19.4. The largest absolute Gasteiger partial charge is 0.445 e. The molecule has 1 atom stereocenters. The van der Waals surface area contributed by atoms with Gasteiger partial charge in [0, 0.05) is 17.6 Å². The van der Waals surface area contributed by atoms with Gasteiger partial charge in [0.2, 0.25) is 0 Å². The highest BCUT2D eigenvalue weighted by molar-refractivity contribution is 7.91. The highest BCUT2D eigenvalue weighted by Gasteiger charge is 2.34. The van der Waals surface area contributed by atoms with Crippen molar-refractivity contribution in [2.45, 2.75) is 30.4 Å². The van der Waals surface area contributed by atoms with Gasteiger partial charge in [-0.3, -0.25) is 0 Å². The average Bonchev–Trinajstić information content (AvgIpc) is 3.19. The van der Waals surface area contributed by atoms with Crippen molar-refractivity contribution in [3.63, 3.8) is 0 Å². The Labute approximate surface area is 181 Å². The number of benzene rings is 3. The van der Waals surface area contributed by atoms with Gasteiger partial charge >= 0.3 is 6.09 Å².